The van der Waals surface area contributed by atoms with Gasteiger partial charge in [0.25, 0.3) is 0 Å². The first-order valence-electron chi connectivity index (χ1n) is 4.63. The van der Waals surface area contributed by atoms with E-state index in [0.717, 1.165) is 10.3 Å². The maximum atomic E-state index is 5.42. The Morgan fingerprint density at radius 2 is 1.93 bits per heavy atom. The van der Waals surface area contributed by atoms with Crippen molar-refractivity contribution in [3.8, 4) is 0 Å². The predicted octanol–water partition coefficient (Wildman–Crippen LogP) is 2.92. The number of rotatable bonds is 5. The van der Waals surface area contributed by atoms with Crippen LogP contribution in [0.2, 0.25) is 0 Å². The fraction of sp³-hybridized carbons (Fsp3) is 0.500. The summed E-state index contributed by atoms with van der Waals surface area (Å²) >= 11 is 3.31. The molecular weight excluding hydrogens is 246 g/mol. The molecule has 0 saturated carbocycles. The SMILES string of the molecule is CCOC(OCC)c1cccc(Br)n1. The average Bonchev–Trinajstić information content (AvgIpc) is 2.17. The highest BCUT2D eigenvalue weighted by Gasteiger charge is 2.12. The lowest BCUT2D eigenvalue weighted by Crippen LogP contribution is -2.10. The minimum absolute atomic E-state index is 0.359. The summed E-state index contributed by atoms with van der Waals surface area (Å²) in [5.74, 6) is 0. The Hall–Kier alpha value is -0.450. The second kappa shape index (κ2) is 6.11. The van der Waals surface area contributed by atoms with Crippen molar-refractivity contribution in [2.45, 2.75) is 20.1 Å². The van der Waals surface area contributed by atoms with Gasteiger partial charge in [-0.25, -0.2) is 4.98 Å². The first-order valence-corrected chi connectivity index (χ1v) is 5.42. The molecule has 0 fully saturated rings. The zero-order valence-electron chi connectivity index (χ0n) is 8.37. The fourth-order valence-corrected chi connectivity index (χ4v) is 1.43. The summed E-state index contributed by atoms with van der Waals surface area (Å²) in [6, 6.07) is 5.68. The Bertz CT molecular complexity index is 275. The molecule has 78 valence electrons. The lowest BCUT2D eigenvalue weighted by molar-refractivity contribution is -0.142. The molecule has 0 spiro atoms. The van der Waals surface area contributed by atoms with Crippen LogP contribution in [0.3, 0.4) is 0 Å². The first kappa shape index (κ1) is 11.6. The van der Waals surface area contributed by atoms with Crippen LogP contribution in [0.4, 0.5) is 0 Å². The van der Waals surface area contributed by atoms with Crippen LogP contribution in [0.5, 0.6) is 0 Å². The monoisotopic (exact) mass is 259 g/mol. The molecule has 0 atom stereocenters. The van der Waals surface area contributed by atoms with Crippen LogP contribution in [0.25, 0.3) is 0 Å². The Kier molecular flexibility index (Phi) is 5.07. The highest BCUT2D eigenvalue weighted by atomic mass is 79.9. The number of hydrogen-bond donors (Lipinski definition) is 0. The molecule has 0 unspecified atom stereocenters. The number of halogens is 1. The minimum atomic E-state index is -0.359. The molecule has 0 aliphatic carbocycles. The zero-order chi connectivity index (χ0) is 10.4. The van der Waals surface area contributed by atoms with E-state index in [2.05, 4.69) is 20.9 Å². The van der Waals surface area contributed by atoms with Crippen molar-refractivity contribution >= 4 is 15.9 Å². The standard InChI is InChI=1S/C10H14BrNO2/c1-3-13-10(14-4-2)8-6-5-7-9(11)12-8/h5-7,10H,3-4H2,1-2H3. The Labute approximate surface area is 92.6 Å². The molecule has 0 radical (unpaired) electrons. The smallest absolute Gasteiger partial charge is 0.201 e. The number of ether oxygens (including phenoxy) is 2. The summed E-state index contributed by atoms with van der Waals surface area (Å²) < 4.78 is 11.6. The Morgan fingerprint density at radius 3 is 2.43 bits per heavy atom. The van der Waals surface area contributed by atoms with E-state index in [4.69, 9.17) is 9.47 Å². The van der Waals surface area contributed by atoms with Gasteiger partial charge in [0, 0.05) is 13.2 Å². The lowest BCUT2D eigenvalue weighted by atomic mass is 10.3. The van der Waals surface area contributed by atoms with Crippen molar-refractivity contribution in [2.75, 3.05) is 13.2 Å². The molecule has 0 aliphatic rings. The van der Waals surface area contributed by atoms with Gasteiger partial charge in [0.05, 0.1) is 5.69 Å². The number of hydrogen-bond acceptors (Lipinski definition) is 3. The van der Waals surface area contributed by atoms with Gasteiger partial charge < -0.3 is 9.47 Å². The van der Waals surface area contributed by atoms with Crippen molar-refractivity contribution in [2.24, 2.45) is 0 Å². The molecule has 0 N–H and O–H groups in total. The molecule has 1 aromatic heterocycles. The van der Waals surface area contributed by atoms with Gasteiger partial charge in [-0.3, -0.25) is 0 Å². The number of nitrogens with zero attached hydrogens (tertiary/aromatic N) is 1. The predicted molar refractivity (Wildman–Crippen MR) is 57.9 cm³/mol. The Balaban J connectivity index is 2.75. The molecule has 14 heavy (non-hydrogen) atoms. The van der Waals surface area contributed by atoms with Gasteiger partial charge >= 0.3 is 0 Å². The summed E-state index contributed by atoms with van der Waals surface area (Å²) in [7, 11) is 0. The van der Waals surface area contributed by atoms with Gasteiger partial charge in [0.15, 0.2) is 0 Å². The summed E-state index contributed by atoms with van der Waals surface area (Å²) in [6.45, 7) is 5.09. The molecule has 0 saturated heterocycles. The van der Waals surface area contributed by atoms with Crippen LogP contribution in [0.1, 0.15) is 25.8 Å². The van der Waals surface area contributed by atoms with E-state index in [1.54, 1.807) is 0 Å². The van der Waals surface area contributed by atoms with Crippen molar-refractivity contribution in [3.05, 3.63) is 28.5 Å². The van der Waals surface area contributed by atoms with Gasteiger partial charge in [0.1, 0.15) is 4.60 Å². The van der Waals surface area contributed by atoms with Crippen LogP contribution in [-0.2, 0) is 9.47 Å². The van der Waals surface area contributed by atoms with Gasteiger partial charge in [-0.05, 0) is 41.9 Å². The zero-order valence-corrected chi connectivity index (χ0v) is 9.95. The third kappa shape index (κ3) is 3.36. The Morgan fingerprint density at radius 1 is 1.29 bits per heavy atom. The molecule has 1 heterocycles. The molecule has 1 aromatic rings. The second-order valence-corrected chi connectivity index (χ2v) is 3.44. The molecule has 0 amide bonds. The molecule has 0 aliphatic heterocycles. The highest BCUT2D eigenvalue weighted by molar-refractivity contribution is 9.10. The van der Waals surface area contributed by atoms with E-state index in [0.29, 0.717) is 13.2 Å². The molecule has 0 bridgehead atoms. The van der Waals surface area contributed by atoms with Crippen molar-refractivity contribution in [3.63, 3.8) is 0 Å². The van der Waals surface area contributed by atoms with E-state index in [1.807, 2.05) is 32.0 Å². The lowest BCUT2D eigenvalue weighted by Gasteiger charge is -2.16. The van der Waals surface area contributed by atoms with E-state index < -0.39 is 0 Å². The number of aromatic nitrogens is 1. The quantitative estimate of drug-likeness (QED) is 0.602. The van der Waals surface area contributed by atoms with Gasteiger partial charge in [-0.2, -0.15) is 0 Å². The largest absolute Gasteiger partial charge is 0.347 e. The van der Waals surface area contributed by atoms with Gasteiger partial charge in [-0.1, -0.05) is 6.07 Å². The third-order valence-corrected chi connectivity index (χ3v) is 2.06. The fourth-order valence-electron chi connectivity index (χ4n) is 1.08. The summed E-state index contributed by atoms with van der Waals surface area (Å²) in [5, 5.41) is 0. The van der Waals surface area contributed by atoms with Crippen molar-refractivity contribution < 1.29 is 9.47 Å². The molecule has 0 aromatic carbocycles. The molecule has 1 rings (SSSR count). The van der Waals surface area contributed by atoms with E-state index in [9.17, 15) is 0 Å². The molecular formula is C10H14BrNO2. The average molecular weight is 260 g/mol. The normalized spacial score (nSPS) is 10.9. The van der Waals surface area contributed by atoms with Crippen LogP contribution in [-0.4, -0.2) is 18.2 Å². The van der Waals surface area contributed by atoms with Crippen molar-refractivity contribution in [1.29, 1.82) is 0 Å². The maximum Gasteiger partial charge on any atom is 0.201 e. The van der Waals surface area contributed by atoms with Crippen molar-refractivity contribution in [1.82, 2.24) is 4.98 Å². The van der Waals surface area contributed by atoms with Crippen LogP contribution < -0.4 is 0 Å². The van der Waals surface area contributed by atoms with Gasteiger partial charge in [0.2, 0.25) is 6.29 Å². The summed E-state index contributed by atoms with van der Waals surface area (Å²) in [6.07, 6.45) is -0.359. The second-order valence-electron chi connectivity index (χ2n) is 2.63. The summed E-state index contributed by atoms with van der Waals surface area (Å²) in [5.41, 5.74) is 0.795. The number of pyridine rings is 1. The molecule has 3 nitrogen and oxygen atoms in total. The highest BCUT2D eigenvalue weighted by Crippen LogP contribution is 2.18. The molecule has 4 heteroatoms. The van der Waals surface area contributed by atoms with E-state index >= 15 is 0 Å². The van der Waals surface area contributed by atoms with Crippen LogP contribution in [0.15, 0.2) is 22.8 Å². The topological polar surface area (TPSA) is 31.4 Å². The first-order chi connectivity index (χ1) is 6.77. The van der Waals surface area contributed by atoms with Crippen LogP contribution in [0, 0.1) is 0 Å². The maximum absolute atomic E-state index is 5.42. The van der Waals surface area contributed by atoms with E-state index in [1.165, 1.54) is 0 Å². The minimum Gasteiger partial charge on any atom is -0.347 e. The van der Waals surface area contributed by atoms with Gasteiger partial charge in [-0.15, -0.1) is 0 Å². The third-order valence-electron chi connectivity index (χ3n) is 1.61. The summed E-state index contributed by atoms with van der Waals surface area (Å²) in [4.78, 5) is 4.28. The van der Waals surface area contributed by atoms with E-state index in [-0.39, 0.29) is 6.29 Å². The van der Waals surface area contributed by atoms with Crippen LogP contribution >= 0.6 is 15.9 Å².